The van der Waals surface area contributed by atoms with Crippen LogP contribution in [0.25, 0.3) is 0 Å². The molecule has 7 heteroatoms. The van der Waals surface area contributed by atoms with Crippen molar-refractivity contribution in [2.45, 2.75) is 25.4 Å². The van der Waals surface area contributed by atoms with E-state index in [9.17, 15) is 9.59 Å². The van der Waals surface area contributed by atoms with Gasteiger partial charge in [0.15, 0.2) is 5.56 Å². The van der Waals surface area contributed by atoms with E-state index in [-0.39, 0.29) is 17.5 Å². The number of hydrogen-bond acceptors (Lipinski definition) is 5. The summed E-state index contributed by atoms with van der Waals surface area (Å²) >= 11 is 0. The average Bonchev–Trinajstić information content (AvgIpc) is 2.95. The van der Waals surface area contributed by atoms with Gasteiger partial charge in [-0.15, -0.1) is 0 Å². The molecule has 7 nitrogen and oxygen atoms in total. The van der Waals surface area contributed by atoms with Crippen molar-refractivity contribution in [1.29, 1.82) is 5.26 Å². The molecule has 2 rings (SSSR count). The lowest BCUT2D eigenvalue weighted by molar-refractivity contribution is 0.107. The zero-order valence-corrected chi connectivity index (χ0v) is 11.7. The molecule has 0 amide bonds. The van der Waals surface area contributed by atoms with Gasteiger partial charge in [-0.3, -0.25) is 13.9 Å². The predicted octanol–water partition coefficient (Wildman–Crippen LogP) is -0.0633. The monoisotopic (exact) mass is 278 g/mol. The fourth-order valence-electron chi connectivity index (χ4n) is 2.38. The molecule has 1 aliphatic rings. The third-order valence-corrected chi connectivity index (χ3v) is 3.56. The van der Waals surface area contributed by atoms with E-state index in [1.165, 1.54) is 18.7 Å². The fourth-order valence-corrected chi connectivity index (χ4v) is 2.38. The Morgan fingerprint density at radius 1 is 1.40 bits per heavy atom. The molecule has 0 aromatic carbocycles. The predicted molar refractivity (Wildman–Crippen MR) is 73.7 cm³/mol. The zero-order chi connectivity index (χ0) is 14.7. The van der Waals surface area contributed by atoms with Crippen molar-refractivity contribution >= 4 is 5.82 Å². The lowest BCUT2D eigenvalue weighted by Gasteiger charge is -2.15. The highest BCUT2D eigenvalue weighted by molar-refractivity contribution is 5.51. The molecule has 1 saturated heterocycles. The first-order valence-electron chi connectivity index (χ1n) is 6.62. The molecule has 0 spiro atoms. The summed E-state index contributed by atoms with van der Waals surface area (Å²) in [5.74, 6) is 0.276. The van der Waals surface area contributed by atoms with Crippen molar-refractivity contribution in [1.82, 2.24) is 9.13 Å². The molecular formula is C13H18N4O3. The normalized spacial score (nSPS) is 17.9. The van der Waals surface area contributed by atoms with E-state index >= 15 is 0 Å². The number of nitriles is 1. The molecule has 1 fully saturated rings. The minimum Gasteiger partial charge on any atom is -0.378 e. The van der Waals surface area contributed by atoms with Gasteiger partial charge in [-0.1, -0.05) is 0 Å². The van der Waals surface area contributed by atoms with E-state index in [4.69, 9.17) is 10.00 Å². The zero-order valence-electron chi connectivity index (χ0n) is 11.7. The molecule has 0 unspecified atom stereocenters. The van der Waals surface area contributed by atoms with Crippen molar-refractivity contribution in [3.05, 3.63) is 26.4 Å². The van der Waals surface area contributed by atoms with Gasteiger partial charge in [0.05, 0.1) is 6.10 Å². The molecule has 1 N–H and O–H groups in total. The molecule has 0 radical (unpaired) electrons. The van der Waals surface area contributed by atoms with Gasteiger partial charge in [0.25, 0.3) is 5.56 Å². The fraction of sp³-hybridized carbons (Fsp3) is 0.615. The Hall–Kier alpha value is -2.07. The molecule has 1 aliphatic heterocycles. The Balaban J connectivity index is 2.20. The second-order valence-corrected chi connectivity index (χ2v) is 4.89. The topological polar surface area (TPSA) is 89.1 Å². The number of anilines is 1. The van der Waals surface area contributed by atoms with Gasteiger partial charge in [0.2, 0.25) is 0 Å². The van der Waals surface area contributed by atoms with Crippen LogP contribution in [0.1, 0.15) is 24.8 Å². The summed E-state index contributed by atoms with van der Waals surface area (Å²) in [6, 6.07) is 1.86. The van der Waals surface area contributed by atoms with Gasteiger partial charge in [-0.2, -0.15) is 5.26 Å². The molecule has 108 valence electrons. The number of aromatic nitrogens is 2. The van der Waals surface area contributed by atoms with E-state index in [1.54, 1.807) is 0 Å². The first-order chi connectivity index (χ1) is 9.56. The summed E-state index contributed by atoms with van der Waals surface area (Å²) in [6.45, 7) is 1.35. The van der Waals surface area contributed by atoms with Crippen LogP contribution >= 0.6 is 0 Å². The number of nitrogens with one attached hydrogen (secondary N) is 1. The molecule has 20 heavy (non-hydrogen) atoms. The second kappa shape index (κ2) is 5.92. The summed E-state index contributed by atoms with van der Waals surface area (Å²) in [6.07, 6.45) is 3.10. The first kappa shape index (κ1) is 14.3. The lowest BCUT2D eigenvalue weighted by atomic mass is 10.2. The Labute approximate surface area is 116 Å². The van der Waals surface area contributed by atoms with Crippen molar-refractivity contribution in [2.24, 2.45) is 14.1 Å². The maximum atomic E-state index is 11.9. The molecule has 1 atom stereocenters. The van der Waals surface area contributed by atoms with E-state index in [0.717, 1.165) is 30.4 Å². The van der Waals surface area contributed by atoms with Crippen molar-refractivity contribution < 1.29 is 4.74 Å². The first-order valence-corrected chi connectivity index (χ1v) is 6.62. The van der Waals surface area contributed by atoms with E-state index in [2.05, 4.69) is 5.32 Å². The number of hydrogen-bond donors (Lipinski definition) is 1. The highest BCUT2D eigenvalue weighted by Gasteiger charge is 2.17. The summed E-state index contributed by atoms with van der Waals surface area (Å²) in [5.41, 5.74) is -1.06. The molecule has 0 bridgehead atoms. The third-order valence-electron chi connectivity index (χ3n) is 3.56. The minimum absolute atomic E-state index is 0.0399. The van der Waals surface area contributed by atoms with Gasteiger partial charge >= 0.3 is 5.69 Å². The lowest BCUT2D eigenvalue weighted by Crippen LogP contribution is -2.40. The van der Waals surface area contributed by atoms with Crippen LogP contribution in [0, 0.1) is 11.3 Å². The largest absolute Gasteiger partial charge is 0.378 e. The summed E-state index contributed by atoms with van der Waals surface area (Å²) < 4.78 is 7.73. The van der Waals surface area contributed by atoms with Crippen LogP contribution in [0.3, 0.4) is 0 Å². The highest BCUT2D eigenvalue weighted by Crippen LogP contribution is 2.15. The molecule has 0 aliphatic carbocycles. The van der Waals surface area contributed by atoms with Crippen LogP contribution < -0.4 is 16.6 Å². The number of nitrogens with zero attached hydrogens (tertiary/aromatic N) is 3. The third kappa shape index (κ3) is 2.60. The smallest absolute Gasteiger partial charge is 0.332 e. The van der Waals surface area contributed by atoms with E-state index in [1.807, 2.05) is 6.07 Å². The molecule has 2 heterocycles. The quantitative estimate of drug-likeness (QED) is 0.833. The molecule has 1 aromatic heterocycles. The Morgan fingerprint density at radius 3 is 2.75 bits per heavy atom. The Morgan fingerprint density at radius 2 is 2.15 bits per heavy atom. The number of ether oxygens (including phenoxy) is 1. The van der Waals surface area contributed by atoms with Crippen LogP contribution in [0.5, 0.6) is 0 Å². The maximum absolute atomic E-state index is 11.9. The second-order valence-electron chi connectivity index (χ2n) is 4.89. The van der Waals surface area contributed by atoms with Crippen LogP contribution in [0.2, 0.25) is 0 Å². The van der Waals surface area contributed by atoms with Crippen LogP contribution in [0.4, 0.5) is 5.82 Å². The molecule has 0 saturated carbocycles. The minimum atomic E-state index is -0.574. The van der Waals surface area contributed by atoms with Crippen molar-refractivity contribution in [3.8, 4) is 6.07 Å². The van der Waals surface area contributed by atoms with Crippen LogP contribution in [0.15, 0.2) is 9.59 Å². The molecule has 1 aromatic rings. The van der Waals surface area contributed by atoms with Gasteiger partial charge < -0.3 is 10.1 Å². The Kier molecular flexibility index (Phi) is 4.25. The van der Waals surface area contributed by atoms with Crippen molar-refractivity contribution in [2.75, 3.05) is 18.5 Å². The van der Waals surface area contributed by atoms with Gasteiger partial charge in [-0.05, 0) is 19.3 Å². The van der Waals surface area contributed by atoms with E-state index < -0.39 is 11.2 Å². The SMILES string of the molecule is Cn1c(NCC[C@H]2CCCO2)c(C#N)c(=O)n(C)c1=O. The van der Waals surface area contributed by atoms with Gasteiger partial charge in [0.1, 0.15) is 11.9 Å². The van der Waals surface area contributed by atoms with E-state index in [0.29, 0.717) is 6.54 Å². The van der Waals surface area contributed by atoms with Crippen LogP contribution in [-0.2, 0) is 18.8 Å². The van der Waals surface area contributed by atoms with Crippen molar-refractivity contribution in [3.63, 3.8) is 0 Å². The summed E-state index contributed by atoms with van der Waals surface area (Å²) in [7, 11) is 2.90. The average molecular weight is 278 g/mol. The molecular weight excluding hydrogens is 260 g/mol. The number of rotatable bonds is 4. The summed E-state index contributed by atoms with van der Waals surface area (Å²) in [5, 5.41) is 12.1. The summed E-state index contributed by atoms with van der Waals surface area (Å²) in [4.78, 5) is 23.7. The highest BCUT2D eigenvalue weighted by atomic mass is 16.5. The van der Waals surface area contributed by atoms with Crippen LogP contribution in [-0.4, -0.2) is 28.4 Å². The van der Waals surface area contributed by atoms with Gasteiger partial charge in [0, 0.05) is 27.2 Å². The maximum Gasteiger partial charge on any atom is 0.332 e. The Bertz CT molecular complexity index is 647. The van der Waals surface area contributed by atoms with Gasteiger partial charge in [-0.25, -0.2) is 4.79 Å². The standard InChI is InChI=1S/C13H18N4O3/c1-16-11(15-6-5-9-4-3-7-20-9)10(8-14)12(18)17(2)13(16)19/h9,15H,3-7H2,1-2H3/t9-/m1/s1.